The fourth-order valence-corrected chi connectivity index (χ4v) is 1.85. The Morgan fingerprint density at radius 3 is 2.84 bits per heavy atom. The van der Waals surface area contributed by atoms with E-state index in [9.17, 15) is 4.79 Å². The van der Waals surface area contributed by atoms with Gasteiger partial charge in [0.05, 0.1) is 0 Å². The monoisotopic (exact) mass is 276 g/mol. The van der Waals surface area contributed by atoms with Gasteiger partial charge in [-0.05, 0) is 42.3 Å². The number of carbonyl (C=O) groups is 1. The van der Waals surface area contributed by atoms with Crippen molar-refractivity contribution >= 4 is 23.3 Å². The smallest absolute Gasteiger partial charge is 0.257 e. The molecule has 0 aliphatic carbocycles. The molecule has 0 aliphatic rings. The van der Waals surface area contributed by atoms with Crippen molar-refractivity contribution in [2.75, 3.05) is 11.9 Å². The summed E-state index contributed by atoms with van der Waals surface area (Å²) in [5.41, 5.74) is 7.02. The van der Waals surface area contributed by atoms with Gasteiger partial charge >= 0.3 is 0 Å². The van der Waals surface area contributed by atoms with Crippen LogP contribution in [-0.4, -0.2) is 22.4 Å². The van der Waals surface area contributed by atoms with Crippen molar-refractivity contribution in [1.82, 2.24) is 9.97 Å². The molecule has 1 heterocycles. The number of anilines is 1. The van der Waals surface area contributed by atoms with Crippen molar-refractivity contribution in [3.05, 3.63) is 52.9 Å². The Morgan fingerprint density at radius 2 is 2.11 bits per heavy atom. The summed E-state index contributed by atoms with van der Waals surface area (Å²) in [5, 5.41) is 2.77. The van der Waals surface area contributed by atoms with Crippen molar-refractivity contribution in [3.63, 3.8) is 0 Å². The van der Waals surface area contributed by atoms with Crippen molar-refractivity contribution in [3.8, 4) is 0 Å². The lowest BCUT2D eigenvalue weighted by molar-refractivity contribution is 0.102. The van der Waals surface area contributed by atoms with Gasteiger partial charge in [-0.3, -0.25) is 4.79 Å². The number of hydrogen-bond donors (Lipinski definition) is 2. The first-order valence-electron chi connectivity index (χ1n) is 5.78. The number of benzene rings is 1. The van der Waals surface area contributed by atoms with Crippen LogP contribution in [0.25, 0.3) is 0 Å². The number of amides is 1. The summed E-state index contributed by atoms with van der Waals surface area (Å²) >= 11 is 5.67. The Balaban J connectivity index is 2.20. The first-order chi connectivity index (χ1) is 9.20. The molecule has 2 rings (SSSR count). The van der Waals surface area contributed by atoms with Gasteiger partial charge in [-0.2, -0.15) is 0 Å². The molecule has 0 saturated heterocycles. The van der Waals surface area contributed by atoms with Crippen LogP contribution in [-0.2, 0) is 6.42 Å². The molecule has 1 amide bonds. The number of rotatable bonds is 4. The second-order valence-corrected chi connectivity index (χ2v) is 4.20. The molecule has 0 radical (unpaired) electrons. The van der Waals surface area contributed by atoms with Crippen LogP contribution in [0.3, 0.4) is 0 Å². The first-order valence-corrected chi connectivity index (χ1v) is 6.16. The molecule has 0 bridgehead atoms. The second-order valence-electron chi connectivity index (χ2n) is 3.86. The molecular weight excluding hydrogens is 264 g/mol. The highest BCUT2D eigenvalue weighted by Crippen LogP contribution is 2.12. The van der Waals surface area contributed by atoms with E-state index >= 15 is 0 Å². The molecule has 0 aliphatic heterocycles. The maximum absolute atomic E-state index is 12.2. The van der Waals surface area contributed by atoms with Gasteiger partial charge in [-0.1, -0.05) is 18.2 Å². The number of hydrogen-bond acceptors (Lipinski definition) is 4. The average molecular weight is 277 g/mol. The number of aromatic nitrogens is 2. The van der Waals surface area contributed by atoms with E-state index in [4.69, 9.17) is 17.3 Å². The number of halogens is 1. The van der Waals surface area contributed by atoms with Gasteiger partial charge in [0.1, 0.15) is 5.82 Å². The van der Waals surface area contributed by atoms with Crippen LogP contribution in [0.1, 0.15) is 15.9 Å². The third-order valence-corrected chi connectivity index (χ3v) is 2.73. The standard InChI is InChI=1S/C13H13ClN4O/c14-13-16-8-6-11(18-13)17-12(19)10-4-2-1-3-9(10)5-7-15/h1-4,6,8H,5,7,15H2,(H,16,17,18,19). The molecule has 5 nitrogen and oxygen atoms in total. The predicted molar refractivity (Wildman–Crippen MR) is 74.2 cm³/mol. The van der Waals surface area contributed by atoms with Gasteiger partial charge in [-0.25, -0.2) is 9.97 Å². The number of carbonyl (C=O) groups excluding carboxylic acids is 1. The van der Waals surface area contributed by atoms with Gasteiger partial charge in [0, 0.05) is 11.8 Å². The second kappa shape index (κ2) is 6.26. The quantitative estimate of drug-likeness (QED) is 0.836. The average Bonchev–Trinajstić information content (AvgIpc) is 2.39. The van der Waals surface area contributed by atoms with E-state index in [0.29, 0.717) is 24.3 Å². The molecule has 19 heavy (non-hydrogen) atoms. The fraction of sp³-hybridized carbons (Fsp3) is 0.154. The summed E-state index contributed by atoms with van der Waals surface area (Å²) in [6.45, 7) is 0.490. The van der Waals surface area contributed by atoms with E-state index in [2.05, 4.69) is 15.3 Å². The number of nitrogens with zero attached hydrogens (tertiary/aromatic N) is 2. The first kappa shape index (κ1) is 13.5. The summed E-state index contributed by atoms with van der Waals surface area (Å²) < 4.78 is 0. The molecule has 0 atom stereocenters. The van der Waals surface area contributed by atoms with E-state index < -0.39 is 0 Å². The number of nitrogens with two attached hydrogens (primary N) is 1. The highest BCUT2D eigenvalue weighted by atomic mass is 35.5. The largest absolute Gasteiger partial charge is 0.330 e. The molecular formula is C13H13ClN4O. The van der Waals surface area contributed by atoms with Gasteiger partial charge in [-0.15, -0.1) is 0 Å². The van der Waals surface area contributed by atoms with E-state index in [1.807, 2.05) is 18.2 Å². The Bertz CT molecular complexity index is 588. The van der Waals surface area contributed by atoms with Crippen LogP contribution >= 0.6 is 11.6 Å². The number of nitrogens with one attached hydrogen (secondary N) is 1. The summed E-state index contributed by atoms with van der Waals surface area (Å²) in [6, 6.07) is 8.90. The predicted octanol–water partition coefficient (Wildman–Crippen LogP) is 1.88. The van der Waals surface area contributed by atoms with Crippen LogP contribution in [0, 0.1) is 0 Å². The van der Waals surface area contributed by atoms with E-state index in [1.54, 1.807) is 12.1 Å². The van der Waals surface area contributed by atoms with E-state index in [0.717, 1.165) is 5.56 Å². The molecule has 0 fully saturated rings. The Labute approximate surface area is 115 Å². The Kier molecular flexibility index (Phi) is 4.43. The van der Waals surface area contributed by atoms with Crippen LogP contribution in [0.4, 0.5) is 5.82 Å². The summed E-state index contributed by atoms with van der Waals surface area (Å²) in [6.07, 6.45) is 2.13. The minimum absolute atomic E-state index is 0.0908. The topological polar surface area (TPSA) is 80.9 Å². The van der Waals surface area contributed by atoms with E-state index in [-0.39, 0.29) is 11.2 Å². The maximum atomic E-state index is 12.2. The molecule has 3 N–H and O–H groups in total. The lowest BCUT2D eigenvalue weighted by Gasteiger charge is -2.08. The van der Waals surface area contributed by atoms with Crippen molar-refractivity contribution in [1.29, 1.82) is 0 Å². The zero-order chi connectivity index (χ0) is 13.7. The maximum Gasteiger partial charge on any atom is 0.257 e. The van der Waals surface area contributed by atoms with Gasteiger partial charge in [0.15, 0.2) is 0 Å². The van der Waals surface area contributed by atoms with Crippen LogP contribution in [0.2, 0.25) is 5.28 Å². The normalized spacial score (nSPS) is 10.2. The summed E-state index contributed by atoms with van der Waals surface area (Å²) in [5.74, 6) is 0.131. The lowest BCUT2D eigenvalue weighted by Crippen LogP contribution is -2.16. The van der Waals surface area contributed by atoms with Crippen LogP contribution in [0.5, 0.6) is 0 Å². The minimum Gasteiger partial charge on any atom is -0.330 e. The molecule has 1 aromatic heterocycles. The van der Waals surface area contributed by atoms with Crippen LogP contribution < -0.4 is 11.1 Å². The Morgan fingerprint density at radius 1 is 1.32 bits per heavy atom. The summed E-state index contributed by atoms with van der Waals surface area (Å²) in [7, 11) is 0. The molecule has 2 aromatic rings. The SMILES string of the molecule is NCCc1ccccc1C(=O)Nc1ccnc(Cl)n1. The van der Waals surface area contributed by atoms with Gasteiger partial charge < -0.3 is 11.1 Å². The zero-order valence-electron chi connectivity index (χ0n) is 10.1. The highest BCUT2D eigenvalue weighted by Gasteiger charge is 2.11. The molecule has 0 unspecified atom stereocenters. The highest BCUT2D eigenvalue weighted by molar-refractivity contribution is 6.28. The molecule has 6 heteroatoms. The zero-order valence-corrected chi connectivity index (χ0v) is 10.9. The molecule has 0 saturated carbocycles. The van der Waals surface area contributed by atoms with E-state index in [1.165, 1.54) is 6.20 Å². The minimum atomic E-state index is -0.237. The van der Waals surface area contributed by atoms with Crippen LogP contribution in [0.15, 0.2) is 36.5 Å². The lowest BCUT2D eigenvalue weighted by atomic mass is 10.0. The molecule has 0 spiro atoms. The third kappa shape index (κ3) is 3.49. The van der Waals surface area contributed by atoms with Gasteiger partial charge in [0.2, 0.25) is 5.28 Å². The van der Waals surface area contributed by atoms with Crippen molar-refractivity contribution in [2.24, 2.45) is 5.73 Å². The molecule has 1 aromatic carbocycles. The van der Waals surface area contributed by atoms with Gasteiger partial charge in [0.25, 0.3) is 5.91 Å². The molecule has 98 valence electrons. The van der Waals surface area contributed by atoms with Crippen molar-refractivity contribution < 1.29 is 4.79 Å². The third-order valence-electron chi connectivity index (χ3n) is 2.54. The fourth-order valence-electron chi connectivity index (χ4n) is 1.70. The van der Waals surface area contributed by atoms with Crippen molar-refractivity contribution in [2.45, 2.75) is 6.42 Å². The summed E-state index contributed by atoms with van der Waals surface area (Å²) in [4.78, 5) is 19.8. The Hall–Kier alpha value is -1.98.